The van der Waals surface area contributed by atoms with Crippen LogP contribution in [0.5, 0.6) is 0 Å². The highest BCUT2D eigenvalue weighted by atomic mass is 127. The largest absolute Gasteiger partial charge is 0.287 e. The lowest BCUT2D eigenvalue weighted by Gasteiger charge is -2.20. The van der Waals surface area contributed by atoms with Gasteiger partial charge in [-0.3, -0.25) is 4.90 Å². The van der Waals surface area contributed by atoms with Gasteiger partial charge in [0.1, 0.15) is 0 Å². The first kappa shape index (κ1) is 23.6. The van der Waals surface area contributed by atoms with Crippen LogP contribution in [-0.2, 0) is 6.54 Å². The van der Waals surface area contributed by atoms with Gasteiger partial charge in [0.2, 0.25) is 0 Å². The maximum Gasteiger partial charge on any atom is 0.0608 e. The van der Waals surface area contributed by atoms with Gasteiger partial charge in [0, 0.05) is 32.9 Å². The molecule has 0 fully saturated rings. The summed E-state index contributed by atoms with van der Waals surface area (Å²) in [6.07, 6.45) is 0. The predicted molar refractivity (Wildman–Crippen MR) is 150 cm³/mol. The Bertz CT molecular complexity index is 1210. The maximum absolute atomic E-state index is 3.38. The summed E-state index contributed by atoms with van der Waals surface area (Å²) in [5.74, 6) is 7.70. The van der Waals surface area contributed by atoms with Crippen LogP contribution in [0.1, 0.15) is 11.1 Å². The van der Waals surface area contributed by atoms with E-state index in [0.29, 0.717) is 0 Å². The molecule has 4 rings (SSSR count). The van der Waals surface area contributed by atoms with Crippen LogP contribution in [0, 0.1) is 15.4 Å². The number of thioether (sulfide) groups is 1. The van der Waals surface area contributed by atoms with Crippen molar-refractivity contribution < 1.29 is 0 Å². The minimum atomic E-state index is 0.753. The van der Waals surface area contributed by atoms with Gasteiger partial charge in [-0.2, -0.15) is 0 Å². The van der Waals surface area contributed by atoms with Crippen LogP contribution in [0.2, 0.25) is 0 Å². The van der Waals surface area contributed by atoms with E-state index in [0.717, 1.165) is 31.0 Å². The Kier molecular flexibility index (Phi) is 9.06. The third-order valence-corrected chi connectivity index (χ3v) is 7.27. The van der Waals surface area contributed by atoms with Gasteiger partial charge in [-0.1, -0.05) is 96.8 Å². The molecule has 0 saturated heterocycles. The summed E-state index contributed by atoms with van der Waals surface area (Å²) in [5.41, 5.74) is 5.00. The molecule has 164 valence electrons. The standard InChI is InChI=1S/C30H26INS/c31-29-19-9-7-17-27(29)28-18-8-10-20-30(28)33-23-22-32(24-26-14-5-2-6-15-26)21-11-16-25-12-3-1-4-13-25/h1-10,12-15,17-20H,21-24H2. The van der Waals surface area contributed by atoms with Crippen molar-refractivity contribution in [3.63, 3.8) is 0 Å². The zero-order valence-electron chi connectivity index (χ0n) is 18.5. The van der Waals surface area contributed by atoms with E-state index >= 15 is 0 Å². The van der Waals surface area contributed by atoms with Gasteiger partial charge in [0.15, 0.2) is 0 Å². The first-order valence-electron chi connectivity index (χ1n) is 11.1. The molecule has 1 nitrogen and oxygen atoms in total. The molecule has 0 aromatic heterocycles. The lowest BCUT2D eigenvalue weighted by molar-refractivity contribution is 0.319. The first-order valence-corrected chi connectivity index (χ1v) is 13.1. The van der Waals surface area contributed by atoms with E-state index in [4.69, 9.17) is 0 Å². The van der Waals surface area contributed by atoms with Crippen LogP contribution in [-0.4, -0.2) is 23.7 Å². The van der Waals surface area contributed by atoms with Gasteiger partial charge in [0.05, 0.1) is 6.54 Å². The van der Waals surface area contributed by atoms with Gasteiger partial charge in [-0.25, -0.2) is 0 Å². The summed E-state index contributed by atoms with van der Waals surface area (Å²) < 4.78 is 1.28. The molecule has 3 heteroatoms. The average Bonchev–Trinajstić information content (AvgIpc) is 2.86. The summed E-state index contributed by atoms with van der Waals surface area (Å²) in [7, 11) is 0. The van der Waals surface area contributed by atoms with E-state index in [2.05, 4.69) is 130 Å². The predicted octanol–water partition coefficient (Wildman–Crippen LogP) is 7.60. The van der Waals surface area contributed by atoms with Gasteiger partial charge in [0.25, 0.3) is 0 Å². The van der Waals surface area contributed by atoms with Gasteiger partial charge in [-0.05, 0) is 63.5 Å². The molecule has 0 bridgehead atoms. The topological polar surface area (TPSA) is 3.24 Å². The summed E-state index contributed by atoms with van der Waals surface area (Å²) in [5, 5.41) is 0. The number of hydrogen-bond acceptors (Lipinski definition) is 2. The third-order valence-electron chi connectivity index (χ3n) is 5.27. The van der Waals surface area contributed by atoms with E-state index in [1.165, 1.54) is 25.2 Å². The van der Waals surface area contributed by atoms with Crippen LogP contribution in [0.25, 0.3) is 11.1 Å². The van der Waals surface area contributed by atoms with Crippen molar-refractivity contribution in [3.05, 3.63) is 124 Å². The molecule has 0 N–H and O–H groups in total. The van der Waals surface area contributed by atoms with Crippen LogP contribution in [0.15, 0.2) is 114 Å². The molecule has 4 aromatic rings. The Labute approximate surface area is 215 Å². The Balaban J connectivity index is 1.44. The van der Waals surface area contributed by atoms with E-state index in [1.54, 1.807) is 0 Å². The molecule has 33 heavy (non-hydrogen) atoms. The van der Waals surface area contributed by atoms with Crippen LogP contribution < -0.4 is 0 Å². The number of nitrogens with zero attached hydrogens (tertiary/aromatic N) is 1. The van der Waals surface area contributed by atoms with Crippen LogP contribution in [0.4, 0.5) is 0 Å². The van der Waals surface area contributed by atoms with E-state index in [9.17, 15) is 0 Å². The Morgan fingerprint density at radius 2 is 1.33 bits per heavy atom. The maximum atomic E-state index is 3.38. The molecule has 0 atom stereocenters. The molecular formula is C30H26INS. The molecule has 0 aliphatic rings. The minimum absolute atomic E-state index is 0.753. The number of halogens is 1. The molecule has 4 aromatic carbocycles. The highest BCUT2D eigenvalue weighted by Crippen LogP contribution is 2.33. The van der Waals surface area contributed by atoms with Gasteiger partial charge >= 0.3 is 0 Å². The normalized spacial score (nSPS) is 10.6. The number of benzene rings is 4. The van der Waals surface area contributed by atoms with Crippen LogP contribution >= 0.6 is 34.4 Å². The lowest BCUT2D eigenvalue weighted by Crippen LogP contribution is -2.26. The fourth-order valence-electron chi connectivity index (χ4n) is 3.61. The SMILES string of the molecule is Ic1ccccc1-c1ccccc1SCCN(CC#Cc1ccccc1)Cc1ccccc1. The highest BCUT2D eigenvalue weighted by Gasteiger charge is 2.10. The molecule has 0 amide bonds. The van der Waals surface area contributed by atoms with Crippen molar-refractivity contribution in [1.82, 2.24) is 4.90 Å². The fourth-order valence-corrected chi connectivity index (χ4v) is 5.37. The second-order valence-electron chi connectivity index (χ2n) is 7.69. The molecule has 0 saturated carbocycles. The van der Waals surface area contributed by atoms with Crippen molar-refractivity contribution in [2.24, 2.45) is 0 Å². The first-order chi connectivity index (χ1) is 16.3. The summed E-state index contributed by atoms with van der Waals surface area (Å²) in [6, 6.07) is 38.2. The molecule has 0 aliphatic carbocycles. The van der Waals surface area contributed by atoms with E-state index < -0.39 is 0 Å². The van der Waals surface area contributed by atoms with Crippen LogP contribution in [0.3, 0.4) is 0 Å². The zero-order valence-corrected chi connectivity index (χ0v) is 21.4. The zero-order chi connectivity index (χ0) is 22.7. The second kappa shape index (κ2) is 12.6. The van der Waals surface area contributed by atoms with Crippen molar-refractivity contribution >= 4 is 34.4 Å². The Morgan fingerprint density at radius 1 is 0.697 bits per heavy atom. The molecule has 0 unspecified atom stereocenters. The third kappa shape index (κ3) is 7.23. The minimum Gasteiger partial charge on any atom is -0.287 e. The molecule has 0 heterocycles. The average molecular weight is 560 g/mol. The molecule has 0 spiro atoms. The molecule has 0 radical (unpaired) electrons. The van der Waals surface area contributed by atoms with Crippen molar-refractivity contribution in [1.29, 1.82) is 0 Å². The second-order valence-corrected chi connectivity index (χ2v) is 9.99. The quantitative estimate of drug-likeness (QED) is 0.124. The monoisotopic (exact) mass is 559 g/mol. The molecular weight excluding hydrogens is 533 g/mol. The summed E-state index contributed by atoms with van der Waals surface area (Å²) in [6.45, 7) is 2.63. The van der Waals surface area contributed by atoms with Crippen molar-refractivity contribution in [2.45, 2.75) is 11.4 Å². The Morgan fingerprint density at radius 3 is 2.09 bits per heavy atom. The summed E-state index contributed by atoms with van der Waals surface area (Å²) in [4.78, 5) is 3.77. The smallest absolute Gasteiger partial charge is 0.0608 e. The number of hydrogen-bond donors (Lipinski definition) is 0. The highest BCUT2D eigenvalue weighted by molar-refractivity contribution is 14.1. The van der Waals surface area contributed by atoms with Gasteiger partial charge < -0.3 is 0 Å². The summed E-state index contributed by atoms with van der Waals surface area (Å²) >= 11 is 4.35. The van der Waals surface area contributed by atoms with Crippen molar-refractivity contribution in [3.8, 4) is 23.0 Å². The Hall–Kier alpha value is -2.52. The number of rotatable bonds is 8. The van der Waals surface area contributed by atoms with E-state index in [1.807, 2.05) is 30.0 Å². The molecule has 0 aliphatic heterocycles. The van der Waals surface area contributed by atoms with Gasteiger partial charge in [-0.15, -0.1) is 11.8 Å². The lowest BCUT2D eigenvalue weighted by atomic mass is 10.1. The fraction of sp³-hybridized carbons (Fsp3) is 0.133. The van der Waals surface area contributed by atoms with E-state index in [-0.39, 0.29) is 0 Å². The van der Waals surface area contributed by atoms with Crippen molar-refractivity contribution in [2.75, 3.05) is 18.8 Å².